The summed E-state index contributed by atoms with van der Waals surface area (Å²) >= 11 is 0. The molecule has 1 aliphatic heterocycles. The van der Waals surface area contributed by atoms with Crippen LogP contribution < -0.4 is 4.74 Å². The number of carbonyl (C=O) groups excluding carboxylic acids is 1. The van der Waals surface area contributed by atoms with Crippen molar-refractivity contribution in [2.45, 2.75) is 19.9 Å². The molecule has 0 aliphatic carbocycles. The van der Waals surface area contributed by atoms with Crippen molar-refractivity contribution in [2.24, 2.45) is 0 Å². The van der Waals surface area contributed by atoms with Crippen LogP contribution in [0.5, 0.6) is 5.75 Å². The van der Waals surface area contributed by atoms with Gasteiger partial charge in [0.2, 0.25) is 0 Å². The standard InChI is InChI=1S/C15H17N3O2/c1-11-2-4-13(5-3-11)20-10-15(19)18-7-6-14-12(9-18)8-16-17-14/h2-5,8H,6-7,9-10H2,1H3,(H,16,17). The number of nitrogens with zero attached hydrogens (tertiary/aromatic N) is 2. The van der Waals surface area contributed by atoms with E-state index in [0.717, 1.165) is 23.4 Å². The first-order valence-corrected chi connectivity index (χ1v) is 6.71. The molecule has 20 heavy (non-hydrogen) atoms. The fourth-order valence-electron chi connectivity index (χ4n) is 2.31. The normalized spacial score (nSPS) is 13.9. The van der Waals surface area contributed by atoms with Crippen molar-refractivity contribution in [3.05, 3.63) is 47.3 Å². The summed E-state index contributed by atoms with van der Waals surface area (Å²) in [7, 11) is 0. The minimum Gasteiger partial charge on any atom is -0.484 e. The lowest BCUT2D eigenvalue weighted by Crippen LogP contribution is -2.38. The number of fused-ring (bicyclic) bond motifs is 1. The average Bonchev–Trinajstić information content (AvgIpc) is 2.93. The Bertz CT molecular complexity index is 604. The number of ether oxygens (including phenoxy) is 1. The number of H-pyrrole nitrogens is 1. The smallest absolute Gasteiger partial charge is 0.260 e. The minimum atomic E-state index is 0.0115. The number of aryl methyl sites for hydroxylation is 1. The fourth-order valence-corrected chi connectivity index (χ4v) is 2.31. The number of carbonyl (C=O) groups is 1. The van der Waals surface area contributed by atoms with Crippen LogP contribution in [0.3, 0.4) is 0 Å². The third-order valence-corrected chi connectivity index (χ3v) is 3.54. The zero-order valence-corrected chi connectivity index (χ0v) is 11.4. The van der Waals surface area contributed by atoms with E-state index in [9.17, 15) is 4.79 Å². The SMILES string of the molecule is Cc1ccc(OCC(=O)N2CCc3[nH]ncc3C2)cc1. The molecular weight excluding hydrogens is 254 g/mol. The Balaban J connectivity index is 1.56. The molecule has 104 valence electrons. The van der Waals surface area contributed by atoms with Gasteiger partial charge in [-0.25, -0.2) is 0 Å². The van der Waals surface area contributed by atoms with Crippen molar-refractivity contribution < 1.29 is 9.53 Å². The van der Waals surface area contributed by atoms with E-state index in [1.807, 2.05) is 36.1 Å². The predicted octanol–water partition coefficient (Wildman–Crippen LogP) is 1.68. The second kappa shape index (κ2) is 5.36. The third kappa shape index (κ3) is 2.66. The number of aromatic amines is 1. The largest absolute Gasteiger partial charge is 0.484 e. The van der Waals surface area contributed by atoms with Crippen LogP contribution in [0.4, 0.5) is 0 Å². The van der Waals surface area contributed by atoms with E-state index >= 15 is 0 Å². The van der Waals surface area contributed by atoms with E-state index in [0.29, 0.717) is 13.1 Å². The van der Waals surface area contributed by atoms with Gasteiger partial charge in [-0.15, -0.1) is 0 Å². The van der Waals surface area contributed by atoms with Crippen molar-refractivity contribution in [1.29, 1.82) is 0 Å². The quantitative estimate of drug-likeness (QED) is 0.924. The third-order valence-electron chi connectivity index (χ3n) is 3.54. The van der Waals surface area contributed by atoms with Gasteiger partial charge in [-0.2, -0.15) is 5.10 Å². The molecule has 0 spiro atoms. The van der Waals surface area contributed by atoms with Crippen LogP contribution in [-0.2, 0) is 17.8 Å². The second-order valence-corrected chi connectivity index (χ2v) is 5.04. The maximum atomic E-state index is 12.1. The molecule has 1 N–H and O–H groups in total. The molecule has 1 amide bonds. The molecule has 2 heterocycles. The Morgan fingerprint density at radius 3 is 3.00 bits per heavy atom. The number of amides is 1. The summed E-state index contributed by atoms with van der Waals surface area (Å²) in [6.45, 7) is 3.43. The Morgan fingerprint density at radius 1 is 1.40 bits per heavy atom. The highest BCUT2D eigenvalue weighted by Crippen LogP contribution is 2.17. The Morgan fingerprint density at radius 2 is 2.20 bits per heavy atom. The van der Waals surface area contributed by atoms with Crippen LogP contribution in [0, 0.1) is 6.92 Å². The van der Waals surface area contributed by atoms with Crippen LogP contribution in [0.1, 0.15) is 16.8 Å². The van der Waals surface area contributed by atoms with Crippen molar-refractivity contribution in [1.82, 2.24) is 15.1 Å². The van der Waals surface area contributed by atoms with Crippen LogP contribution in [0.2, 0.25) is 0 Å². The number of hydrogen-bond donors (Lipinski definition) is 1. The Kier molecular flexibility index (Phi) is 3.41. The molecule has 1 aromatic carbocycles. The van der Waals surface area contributed by atoms with Crippen molar-refractivity contribution in [3.8, 4) is 5.75 Å². The van der Waals surface area contributed by atoms with Gasteiger partial charge in [0.15, 0.2) is 6.61 Å². The summed E-state index contributed by atoms with van der Waals surface area (Å²) in [5.74, 6) is 0.738. The lowest BCUT2D eigenvalue weighted by atomic mass is 10.1. The highest BCUT2D eigenvalue weighted by atomic mass is 16.5. The number of aromatic nitrogens is 2. The number of hydrogen-bond acceptors (Lipinski definition) is 3. The first kappa shape index (κ1) is 12.7. The summed E-state index contributed by atoms with van der Waals surface area (Å²) in [5, 5.41) is 6.97. The summed E-state index contributed by atoms with van der Waals surface area (Å²) in [6.07, 6.45) is 2.61. The average molecular weight is 271 g/mol. The lowest BCUT2D eigenvalue weighted by molar-refractivity contribution is -0.134. The molecule has 0 saturated heterocycles. The van der Waals surface area contributed by atoms with Crippen molar-refractivity contribution in [2.75, 3.05) is 13.2 Å². The van der Waals surface area contributed by atoms with Crippen LogP contribution in [-0.4, -0.2) is 34.2 Å². The maximum Gasteiger partial charge on any atom is 0.260 e. The molecule has 0 atom stereocenters. The van der Waals surface area contributed by atoms with Gasteiger partial charge in [0.1, 0.15) is 5.75 Å². The molecule has 2 aromatic rings. The minimum absolute atomic E-state index is 0.0115. The van der Waals surface area contributed by atoms with Gasteiger partial charge >= 0.3 is 0 Å². The number of rotatable bonds is 3. The Hall–Kier alpha value is -2.30. The Labute approximate surface area is 117 Å². The summed E-state index contributed by atoms with van der Waals surface area (Å²) in [4.78, 5) is 14.0. The van der Waals surface area contributed by atoms with E-state index in [1.54, 1.807) is 6.20 Å². The summed E-state index contributed by atoms with van der Waals surface area (Å²) in [6, 6.07) is 7.71. The van der Waals surface area contributed by atoms with E-state index < -0.39 is 0 Å². The molecular formula is C15H17N3O2. The van der Waals surface area contributed by atoms with Crippen LogP contribution in [0.15, 0.2) is 30.5 Å². The highest BCUT2D eigenvalue weighted by molar-refractivity contribution is 5.78. The van der Waals surface area contributed by atoms with Gasteiger partial charge in [-0.3, -0.25) is 9.89 Å². The molecule has 0 unspecified atom stereocenters. The van der Waals surface area contributed by atoms with Gasteiger partial charge in [-0.05, 0) is 19.1 Å². The van der Waals surface area contributed by atoms with Crippen molar-refractivity contribution >= 4 is 5.91 Å². The van der Waals surface area contributed by atoms with E-state index in [1.165, 1.54) is 5.56 Å². The van der Waals surface area contributed by atoms with E-state index in [-0.39, 0.29) is 12.5 Å². The van der Waals surface area contributed by atoms with E-state index in [2.05, 4.69) is 10.2 Å². The number of nitrogens with one attached hydrogen (secondary N) is 1. The first-order chi connectivity index (χ1) is 9.72. The molecule has 5 nitrogen and oxygen atoms in total. The van der Waals surface area contributed by atoms with Gasteiger partial charge < -0.3 is 9.64 Å². The van der Waals surface area contributed by atoms with Gasteiger partial charge in [-0.1, -0.05) is 17.7 Å². The highest BCUT2D eigenvalue weighted by Gasteiger charge is 2.22. The second-order valence-electron chi connectivity index (χ2n) is 5.04. The molecule has 0 radical (unpaired) electrons. The molecule has 0 fully saturated rings. The number of benzene rings is 1. The maximum absolute atomic E-state index is 12.1. The van der Waals surface area contributed by atoms with Crippen LogP contribution >= 0.6 is 0 Å². The fraction of sp³-hybridized carbons (Fsp3) is 0.333. The molecule has 3 rings (SSSR count). The van der Waals surface area contributed by atoms with E-state index in [4.69, 9.17) is 4.74 Å². The van der Waals surface area contributed by atoms with Crippen molar-refractivity contribution in [3.63, 3.8) is 0 Å². The van der Waals surface area contributed by atoms with Crippen LogP contribution in [0.25, 0.3) is 0 Å². The first-order valence-electron chi connectivity index (χ1n) is 6.71. The summed E-state index contributed by atoms with van der Waals surface area (Å²) in [5.41, 5.74) is 3.40. The monoisotopic (exact) mass is 271 g/mol. The molecule has 1 aromatic heterocycles. The molecule has 1 aliphatic rings. The lowest BCUT2D eigenvalue weighted by Gasteiger charge is -2.26. The zero-order valence-electron chi connectivity index (χ0n) is 11.4. The predicted molar refractivity (Wildman–Crippen MR) is 74.4 cm³/mol. The zero-order chi connectivity index (χ0) is 13.9. The molecule has 0 bridgehead atoms. The summed E-state index contributed by atoms with van der Waals surface area (Å²) < 4.78 is 5.53. The van der Waals surface area contributed by atoms with Gasteiger partial charge in [0.05, 0.1) is 6.20 Å². The van der Waals surface area contributed by atoms with Gasteiger partial charge in [0, 0.05) is 30.8 Å². The molecule has 0 saturated carbocycles. The topological polar surface area (TPSA) is 58.2 Å². The molecule has 5 heteroatoms. The van der Waals surface area contributed by atoms with Gasteiger partial charge in [0.25, 0.3) is 5.91 Å².